The van der Waals surface area contributed by atoms with Crippen molar-refractivity contribution >= 4 is 22.7 Å². The molecule has 0 saturated carbocycles. The first kappa shape index (κ1) is 28.0. The molecule has 0 amide bonds. The molecule has 0 saturated heterocycles. The van der Waals surface area contributed by atoms with E-state index in [0.29, 0.717) is 17.0 Å². The lowest BCUT2D eigenvalue weighted by molar-refractivity contribution is 0.0677. The van der Waals surface area contributed by atoms with E-state index in [1.54, 1.807) is 24.2 Å². The highest BCUT2D eigenvalue weighted by atomic mass is 16.5. The van der Waals surface area contributed by atoms with Crippen LogP contribution >= 0.6 is 0 Å². The van der Waals surface area contributed by atoms with Gasteiger partial charge in [-0.15, -0.1) is 0 Å². The smallest absolute Gasteiger partial charge is 0.278 e. The summed E-state index contributed by atoms with van der Waals surface area (Å²) < 4.78 is 8.97. The first-order valence-electron chi connectivity index (χ1n) is 14.0. The number of methoxy groups -OCH3 is 1. The highest BCUT2D eigenvalue weighted by Crippen LogP contribution is 2.36. The molecule has 1 N–H and O–H groups in total. The molecule has 5 rings (SSSR count). The summed E-state index contributed by atoms with van der Waals surface area (Å²) in [5.74, 6) is 0.448. The number of nitrogens with one attached hydrogen (secondary N) is 1. The summed E-state index contributed by atoms with van der Waals surface area (Å²) in [6, 6.07) is 10.4. The fourth-order valence-electron chi connectivity index (χ4n) is 5.64. The highest BCUT2D eigenvalue weighted by Gasteiger charge is 2.34. The Balaban J connectivity index is 1.53. The average molecular weight is 544 g/mol. The van der Waals surface area contributed by atoms with Gasteiger partial charge in [0, 0.05) is 61.0 Å². The van der Waals surface area contributed by atoms with E-state index in [1.807, 2.05) is 30.7 Å². The van der Waals surface area contributed by atoms with Crippen molar-refractivity contribution in [2.45, 2.75) is 71.9 Å². The van der Waals surface area contributed by atoms with Crippen molar-refractivity contribution < 1.29 is 4.74 Å². The first-order chi connectivity index (χ1) is 18.9. The molecule has 4 heterocycles. The van der Waals surface area contributed by atoms with Crippen molar-refractivity contribution in [3.8, 4) is 5.69 Å². The number of ether oxygens (including phenoxy) is 1. The summed E-state index contributed by atoms with van der Waals surface area (Å²) in [6.45, 7) is 17.5. The van der Waals surface area contributed by atoms with Gasteiger partial charge in [-0.1, -0.05) is 26.8 Å². The molecule has 4 aromatic rings. The molecule has 0 spiro atoms. The fourth-order valence-corrected chi connectivity index (χ4v) is 5.64. The number of hydrogen-bond acceptors (Lipinski definition) is 7. The number of pyridine rings is 1. The second-order valence-corrected chi connectivity index (χ2v) is 12.4. The molecule has 0 fully saturated rings. The largest absolute Gasteiger partial charge is 0.383 e. The van der Waals surface area contributed by atoms with Crippen molar-refractivity contribution in [3.05, 3.63) is 69.9 Å². The molecule has 0 radical (unpaired) electrons. The Morgan fingerprint density at radius 1 is 1.12 bits per heavy atom. The van der Waals surface area contributed by atoms with Crippen LogP contribution in [0.4, 0.5) is 11.6 Å². The molecule has 1 aliphatic heterocycles. The van der Waals surface area contributed by atoms with Gasteiger partial charge in [-0.2, -0.15) is 4.98 Å². The first-order valence-corrected chi connectivity index (χ1v) is 14.0. The number of aromatic nitrogens is 5. The minimum Gasteiger partial charge on any atom is -0.383 e. The van der Waals surface area contributed by atoms with Gasteiger partial charge in [-0.3, -0.25) is 14.7 Å². The lowest BCUT2D eigenvalue weighted by Gasteiger charge is -2.44. The van der Waals surface area contributed by atoms with E-state index in [-0.39, 0.29) is 22.6 Å². The molecule has 0 bridgehead atoms. The van der Waals surface area contributed by atoms with Gasteiger partial charge in [0.05, 0.1) is 12.3 Å². The van der Waals surface area contributed by atoms with Crippen molar-refractivity contribution in [2.75, 3.05) is 32.1 Å². The van der Waals surface area contributed by atoms with Crippen LogP contribution in [0.5, 0.6) is 0 Å². The number of fused-ring (bicyclic) bond motifs is 2. The summed E-state index contributed by atoms with van der Waals surface area (Å²) >= 11 is 0. The maximum Gasteiger partial charge on any atom is 0.278 e. The van der Waals surface area contributed by atoms with Gasteiger partial charge in [0.25, 0.3) is 5.56 Å². The van der Waals surface area contributed by atoms with Crippen LogP contribution in [-0.2, 0) is 22.1 Å². The van der Waals surface area contributed by atoms with Gasteiger partial charge in [-0.05, 0) is 69.5 Å². The molecular weight excluding hydrogens is 502 g/mol. The van der Waals surface area contributed by atoms with Crippen molar-refractivity contribution in [3.63, 3.8) is 0 Å². The molecule has 9 heteroatoms. The molecular formula is C31H41N7O2. The molecule has 40 heavy (non-hydrogen) atoms. The Morgan fingerprint density at radius 2 is 1.90 bits per heavy atom. The Morgan fingerprint density at radius 3 is 2.60 bits per heavy atom. The summed E-state index contributed by atoms with van der Waals surface area (Å²) in [6.07, 6.45) is 4.39. The second-order valence-electron chi connectivity index (χ2n) is 12.4. The standard InChI is InChI=1S/C31H41N7O2/c1-20(2)37-28(39)24-19-33-29(35-27(24)38(37)23-11-13-32-26(18-23)30(3,4)5)34-22-9-10-25-21(17-22)12-14-36(15-16-40-8)31(25,6)7/h9-11,13,17-20H,12,14-16H2,1-8H3,(H,33,34,35). The molecule has 1 aromatic carbocycles. The maximum atomic E-state index is 13.4. The molecule has 9 nitrogen and oxygen atoms in total. The van der Waals surface area contributed by atoms with Gasteiger partial charge < -0.3 is 10.1 Å². The van der Waals surface area contributed by atoms with Gasteiger partial charge in [0.15, 0.2) is 5.65 Å². The number of nitrogens with zero attached hydrogens (tertiary/aromatic N) is 6. The van der Waals surface area contributed by atoms with E-state index >= 15 is 0 Å². The molecule has 0 unspecified atom stereocenters. The minimum absolute atomic E-state index is 0.0724. The third-order valence-electron chi connectivity index (χ3n) is 7.90. The van der Waals surface area contributed by atoms with Gasteiger partial charge in [0.1, 0.15) is 5.39 Å². The maximum absolute atomic E-state index is 13.4. The Bertz CT molecular complexity index is 1590. The fraction of sp³-hybridized carbons (Fsp3) is 0.484. The van der Waals surface area contributed by atoms with Gasteiger partial charge in [0.2, 0.25) is 5.95 Å². The molecule has 0 atom stereocenters. The lowest BCUT2D eigenvalue weighted by atomic mass is 9.83. The number of anilines is 2. The van der Waals surface area contributed by atoms with Crippen LogP contribution in [0.25, 0.3) is 16.7 Å². The van der Waals surface area contributed by atoms with Crippen LogP contribution < -0.4 is 10.9 Å². The topological polar surface area (TPSA) is 90.1 Å². The van der Waals surface area contributed by atoms with E-state index in [2.05, 4.69) is 73.0 Å². The number of hydrogen-bond donors (Lipinski definition) is 1. The van der Waals surface area contributed by atoms with Crippen LogP contribution in [0.15, 0.2) is 47.5 Å². The van der Waals surface area contributed by atoms with Crippen LogP contribution in [0.2, 0.25) is 0 Å². The summed E-state index contributed by atoms with van der Waals surface area (Å²) in [7, 11) is 1.75. The highest BCUT2D eigenvalue weighted by molar-refractivity contribution is 5.77. The second kappa shape index (κ2) is 10.4. The Kier molecular flexibility index (Phi) is 7.31. The van der Waals surface area contributed by atoms with Crippen molar-refractivity contribution in [2.24, 2.45) is 0 Å². The van der Waals surface area contributed by atoms with E-state index in [4.69, 9.17) is 9.72 Å². The normalized spacial score (nSPS) is 15.5. The summed E-state index contributed by atoms with van der Waals surface area (Å²) in [4.78, 5) is 29.9. The van der Waals surface area contributed by atoms with E-state index in [0.717, 1.165) is 43.2 Å². The van der Waals surface area contributed by atoms with Gasteiger partial charge >= 0.3 is 0 Å². The van der Waals surface area contributed by atoms with Crippen LogP contribution in [-0.4, -0.2) is 56.0 Å². The van der Waals surface area contributed by atoms with Gasteiger partial charge in [-0.25, -0.2) is 14.3 Å². The average Bonchev–Trinajstić information content (AvgIpc) is 3.19. The van der Waals surface area contributed by atoms with E-state index < -0.39 is 0 Å². The number of benzene rings is 1. The zero-order chi connectivity index (χ0) is 28.8. The summed E-state index contributed by atoms with van der Waals surface area (Å²) in [5, 5.41) is 3.88. The molecule has 3 aromatic heterocycles. The molecule has 212 valence electrons. The monoisotopic (exact) mass is 543 g/mol. The quantitative estimate of drug-likeness (QED) is 0.337. The van der Waals surface area contributed by atoms with Crippen LogP contribution in [0.1, 0.15) is 71.3 Å². The third-order valence-corrected chi connectivity index (χ3v) is 7.90. The van der Waals surface area contributed by atoms with Crippen LogP contribution in [0.3, 0.4) is 0 Å². The molecule has 1 aliphatic rings. The van der Waals surface area contributed by atoms with Crippen molar-refractivity contribution in [1.82, 2.24) is 29.2 Å². The predicted octanol–water partition coefficient (Wildman–Crippen LogP) is 5.34. The van der Waals surface area contributed by atoms with E-state index in [9.17, 15) is 4.79 Å². The minimum atomic E-state index is -0.133. The zero-order valence-electron chi connectivity index (χ0n) is 24.9. The van der Waals surface area contributed by atoms with Crippen molar-refractivity contribution in [1.29, 1.82) is 0 Å². The molecule has 0 aliphatic carbocycles. The van der Waals surface area contributed by atoms with E-state index in [1.165, 1.54) is 11.1 Å². The lowest BCUT2D eigenvalue weighted by Crippen LogP contribution is -2.48. The Labute approximate surface area is 236 Å². The summed E-state index contributed by atoms with van der Waals surface area (Å²) in [5.41, 5.74) is 5.60. The van der Waals surface area contributed by atoms with Crippen LogP contribution in [0, 0.1) is 0 Å². The third kappa shape index (κ3) is 5.04. The SMILES string of the molecule is COCCN1CCc2cc(Nc3ncc4c(=O)n(C(C)C)n(-c5ccnc(C(C)(C)C)c5)c4n3)ccc2C1(C)C. The zero-order valence-corrected chi connectivity index (χ0v) is 24.9. The number of rotatable bonds is 7. The Hall–Kier alpha value is -3.56. The predicted molar refractivity (Wildman–Crippen MR) is 160 cm³/mol.